The largest absolute Gasteiger partial charge is 0.505 e. The van der Waals surface area contributed by atoms with Crippen molar-refractivity contribution < 1.29 is 53.1 Å². The molecule has 1 fully saturated rings. The van der Waals surface area contributed by atoms with Crippen LogP contribution in [0.5, 0.6) is 11.5 Å². The van der Waals surface area contributed by atoms with Gasteiger partial charge in [-0.25, -0.2) is 4.98 Å². The molecule has 64 heavy (non-hydrogen) atoms. The fourth-order valence-corrected chi connectivity index (χ4v) is 9.26. The molecule has 4 heterocycles. The van der Waals surface area contributed by atoms with Crippen LogP contribution in [-0.2, 0) is 23.8 Å². The summed E-state index contributed by atoms with van der Waals surface area (Å²) in [7, 11) is 1.45. The van der Waals surface area contributed by atoms with Gasteiger partial charge in [0.15, 0.2) is 22.3 Å². The Morgan fingerprint density at radius 3 is 2.34 bits per heavy atom. The van der Waals surface area contributed by atoms with E-state index in [9.17, 15) is 34.5 Å². The number of anilines is 2. The third-order valence-electron chi connectivity index (χ3n) is 13.5. The van der Waals surface area contributed by atoms with Gasteiger partial charge in [-0.1, -0.05) is 52.8 Å². The number of hydrogen-bond acceptors (Lipinski definition) is 14. The third-order valence-corrected chi connectivity index (χ3v) is 13.5. The van der Waals surface area contributed by atoms with Crippen molar-refractivity contribution in [2.75, 3.05) is 30.4 Å². The lowest BCUT2D eigenvalue weighted by atomic mass is 9.78. The highest BCUT2D eigenvalue weighted by Crippen LogP contribution is 2.48. The van der Waals surface area contributed by atoms with Gasteiger partial charge in [0.05, 0.1) is 35.5 Å². The number of nitrogens with zero attached hydrogens (tertiary/aromatic N) is 2. The lowest BCUT2D eigenvalue weighted by Gasteiger charge is -2.38. The van der Waals surface area contributed by atoms with E-state index in [4.69, 9.17) is 28.3 Å². The Morgan fingerprint density at radius 1 is 0.969 bits per heavy atom. The summed E-state index contributed by atoms with van der Waals surface area (Å²) in [6.07, 6.45) is 5.78. The lowest BCUT2D eigenvalue weighted by Crippen LogP contribution is -2.46. The van der Waals surface area contributed by atoms with Gasteiger partial charge in [0.1, 0.15) is 28.6 Å². The monoisotopic (exact) mass is 881 g/mol. The smallest absolute Gasteiger partial charge is 0.312 e. The van der Waals surface area contributed by atoms with E-state index in [-0.39, 0.29) is 50.0 Å². The van der Waals surface area contributed by atoms with E-state index in [0.717, 1.165) is 31.6 Å². The Kier molecular flexibility index (Phi) is 13.0. The number of nitrogens with one attached hydrogen (secondary N) is 1. The number of phenolic OH excluding ortho intramolecular Hbond substituents is 1. The Morgan fingerprint density at radius 2 is 1.67 bits per heavy atom. The number of hydrogen-bond donors (Lipinski definition) is 4. The van der Waals surface area contributed by atoms with Gasteiger partial charge in [0.25, 0.3) is 11.7 Å². The molecule has 1 aromatic heterocycles. The molecule has 7 rings (SSSR count). The van der Waals surface area contributed by atoms with Gasteiger partial charge in [-0.15, -0.1) is 0 Å². The number of Topliss-reactive ketones (excluding diaryl/α,β-unsaturated/α-hetero) is 1. The molecule has 0 radical (unpaired) electrons. The van der Waals surface area contributed by atoms with Crippen molar-refractivity contribution in [2.24, 2.45) is 29.6 Å². The second kappa shape index (κ2) is 18.0. The molecule has 3 aromatic carbocycles. The van der Waals surface area contributed by atoms with Crippen LogP contribution in [0.25, 0.3) is 33.0 Å². The highest BCUT2D eigenvalue weighted by Gasteiger charge is 2.49. The van der Waals surface area contributed by atoms with Crippen LogP contribution < -0.4 is 20.4 Å². The molecule has 15 nitrogen and oxygen atoms in total. The molecule has 4 bridgehead atoms. The number of phenols is 1. The minimum absolute atomic E-state index is 0.00901. The first-order valence-electron chi connectivity index (χ1n) is 21.9. The van der Waals surface area contributed by atoms with Crippen LogP contribution in [0.3, 0.4) is 0 Å². The summed E-state index contributed by atoms with van der Waals surface area (Å²) in [5.74, 6) is -6.49. The molecule has 0 saturated carbocycles. The zero-order valence-corrected chi connectivity index (χ0v) is 38.1. The van der Waals surface area contributed by atoms with Gasteiger partial charge in [-0.3, -0.25) is 19.2 Å². The van der Waals surface area contributed by atoms with Gasteiger partial charge in [-0.05, 0) is 50.8 Å². The summed E-state index contributed by atoms with van der Waals surface area (Å²) in [4.78, 5) is 62.7. The summed E-state index contributed by atoms with van der Waals surface area (Å²) < 4.78 is 30.5. The molecule has 1 saturated heterocycles. The highest BCUT2D eigenvalue weighted by atomic mass is 16.7. The van der Waals surface area contributed by atoms with Crippen LogP contribution in [-0.4, -0.2) is 88.4 Å². The van der Waals surface area contributed by atoms with Crippen molar-refractivity contribution in [3.63, 3.8) is 0 Å². The summed E-state index contributed by atoms with van der Waals surface area (Å²) >= 11 is 0. The Bertz CT molecular complexity index is 2660. The number of ketones is 1. The number of amides is 1. The Hall–Kier alpha value is -5.77. The zero-order valence-electron chi connectivity index (χ0n) is 38.1. The maximum absolute atomic E-state index is 14.7. The normalized spacial score (nSPS) is 30.5. The number of esters is 1. The van der Waals surface area contributed by atoms with Crippen LogP contribution in [0.4, 0.5) is 11.4 Å². The Balaban J connectivity index is 1.43. The first-order chi connectivity index (χ1) is 30.3. The van der Waals surface area contributed by atoms with Crippen molar-refractivity contribution in [2.45, 2.75) is 105 Å². The summed E-state index contributed by atoms with van der Waals surface area (Å²) in [6, 6.07) is 5.58. The second-order valence-corrected chi connectivity index (χ2v) is 18.0. The summed E-state index contributed by atoms with van der Waals surface area (Å²) in [6.45, 7) is 16.6. The molecule has 1 amide bonds. The predicted octanol–water partition coefficient (Wildman–Crippen LogP) is 7.23. The van der Waals surface area contributed by atoms with Crippen LogP contribution >= 0.6 is 0 Å². The van der Waals surface area contributed by atoms with Crippen molar-refractivity contribution in [1.29, 1.82) is 0 Å². The Labute approximate surface area is 371 Å². The highest BCUT2D eigenvalue weighted by molar-refractivity contribution is 6.26. The average Bonchev–Trinajstić information content (AvgIpc) is 3.53. The number of carbonyl (C=O) groups is 3. The molecule has 3 aliphatic heterocycles. The van der Waals surface area contributed by atoms with E-state index in [1.165, 1.54) is 46.3 Å². The molecular formula is C49H59N3O12. The summed E-state index contributed by atoms with van der Waals surface area (Å²) in [5, 5.41) is 37.6. The van der Waals surface area contributed by atoms with Gasteiger partial charge in [0.2, 0.25) is 0 Å². The molecule has 342 valence electrons. The first kappa shape index (κ1) is 46.2. The number of aromatic hydroxyl groups is 1. The first-order valence-corrected chi connectivity index (χ1v) is 21.9. The number of aromatic nitrogens is 1. The number of allylic oxidation sites excluding steroid dienone is 2. The van der Waals surface area contributed by atoms with Gasteiger partial charge in [0, 0.05) is 86.0 Å². The maximum Gasteiger partial charge on any atom is 0.312 e. The van der Waals surface area contributed by atoms with Gasteiger partial charge in [-0.2, -0.15) is 0 Å². The van der Waals surface area contributed by atoms with Crippen LogP contribution in [0, 0.1) is 36.5 Å². The minimum atomic E-state index is -2.03. The molecule has 3 aliphatic rings. The topological polar surface area (TPSA) is 207 Å². The number of methoxy groups -OCH3 is 1. The van der Waals surface area contributed by atoms with E-state index in [1.54, 1.807) is 52.8 Å². The molecule has 0 unspecified atom stereocenters. The number of carbonyl (C=O) groups excluding carboxylic acids is 3. The summed E-state index contributed by atoms with van der Waals surface area (Å²) in [5.41, 5.74) is 0.824. The van der Waals surface area contributed by atoms with Gasteiger partial charge < -0.3 is 48.9 Å². The van der Waals surface area contributed by atoms with E-state index in [0.29, 0.717) is 17.0 Å². The molecule has 15 heteroatoms. The molecule has 4 N–H and O–H groups in total. The SMILES string of the molecule is CO[C@H]1/C=C/O[C@@]2(C)Oc3c(C)c(=O)c4c(O)c(c5oc6cc(N7CCC(C)CC7)ccc6nc5c4c3C2=O)NC(=O)/C(C)=C\C=C\[C@H](C)[C@H](O)[C@@H](C)[C@@H](O)[C@@H](C)[C@H](OC(C)=O)[C@@H]1C. The lowest BCUT2D eigenvalue weighted by molar-refractivity contribution is -0.160. The average molecular weight is 882 g/mol. The predicted molar refractivity (Wildman–Crippen MR) is 242 cm³/mol. The van der Waals surface area contributed by atoms with Crippen LogP contribution in [0.2, 0.25) is 0 Å². The minimum Gasteiger partial charge on any atom is -0.505 e. The van der Waals surface area contributed by atoms with Crippen LogP contribution in [0.1, 0.15) is 84.2 Å². The second-order valence-electron chi connectivity index (χ2n) is 18.0. The molecule has 4 aromatic rings. The van der Waals surface area contributed by atoms with Crippen molar-refractivity contribution >= 4 is 62.0 Å². The van der Waals surface area contributed by atoms with E-state index < -0.39 is 82.7 Å². The molecule has 9 atom stereocenters. The molecule has 0 aliphatic carbocycles. The van der Waals surface area contributed by atoms with Crippen LogP contribution in [0.15, 0.2) is 63.6 Å². The van der Waals surface area contributed by atoms with E-state index in [1.807, 2.05) is 12.1 Å². The molecular weight excluding hydrogens is 823 g/mol. The molecule has 0 spiro atoms. The number of ether oxygens (including phenoxy) is 4. The number of aliphatic hydroxyl groups excluding tert-OH is 2. The van der Waals surface area contributed by atoms with Crippen molar-refractivity contribution in [3.8, 4) is 11.5 Å². The fraction of sp³-hybridized carbons (Fsp3) is 0.490. The number of piperidine rings is 1. The number of benzene rings is 3. The van der Waals surface area contributed by atoms with Gasteiger partial charge >= 0.3 is 11.8 Å². The quantitative estimate of drug-likeness (QED) is 0.0693. The third kappa shape index (κ3) is 8.36. The number of fused-ring (bicyclic) bond motifs is 2. The van der Waals surface area contributed by atoms with Crippen molar-refractivity contribution in [3.05, 3.63) is 75.7 Å². The van der Waals surface area contributed by atoms with E-state index in [2.05, 4.69) is 17.1 Å². The number of rotatable bonds is 3. The van der Waals surface area contributed by atoms with E-state index >= 15 is 0 Å². The zero-order chi connectivity index (χ0) is 46.5. The number of aliphatic hydroxyl groups is 2. The van der Waals surface area contributed by atoms with Crippen molar-refractivity contribution in [1.82, 2.24) is 4.98 Å². The fourth-order valence-electron chi connectivity index (χ4n) is 9.26. The maximum atomic E-state index is 14.7. The standard InChI is InChI=1S/C49H59N3O12/c1-23-16-19-52(20-17-23)31-14-15-32-34(22-31)63-46-38(50-32)35-36-42(56)29(7)45-37(35)47(58)49(9,64-45)61-21-18-33(60-10)26(4)44(62-30(8)53)28(6)41(55)27(5)40(54)24(2)12-11-13-25(3)48(59)51-39(46)43(36)57/h11-15,18,21-24,26-28,33,40-41,44,54-55,57H,16-17,19-20H2,1-10H3,(H,51,59)/b12-11+,21-18+,25-13-/t24-,26+,27+,28+,33-,40-,41+,44+,49-/m0/s1.